The first kappa shape index (κ1) is 20.5. The summed E-state index contributed by atoms with van der Waals surface area (Å²) < 4.78 is 0. The van der Waals surface area contributed by atoms with Crippen molar-refractivity contribution in [1.82, 2.24) is 4.90 Å². The molecule has 0 radical (unpaired) electrons. The van der Waals surface area contributed by atoms with E-state index in [9.17, 15) is 10.2 Å². The van der Waals surface area contributed by atoms with Gasteiger partial charge in [-0.25, -0.2) is 0 Å². The molecule has 6 fully saturated rings. The zero-order chi connectivity index (χ0) is 20.8. The SMILES string of the molecule is C[C@H]1CC[C@@H]2[C@@H](C)[C@@H]3CC[C@@H]4[C@@H](C[C@H]5[C@H]4C[C@@H](O)[C@H]4C[C@@H](O)CC[C@@]45C)[C@@H]3CN2C1. The minimum Gasteiger partial charge on any atom is -0.393 e. The van der Waals surface area contributed by atoms with Crippen molar-refractivity contribution in [2.45, 2.75) is 96.8 Å². The molecule has 0 aromatic carbocycles. The number of fused-ring (bicyclic) bond motifs is 8. The van der Waals surface area contributed by atoms with E-state index in [1.165, 1.54) is 45.2 Å². The Hall–Kier alpha value is -0.120. The number of hydrogen-bond donors (Lipinski definition) is 2. The molecule has 3 nitrogen and oxygen atoms in total. The van der Waals surface area contributed by atoms with Gasteiger partial charge >= 0.3 is 0 Å². The molecular weight excluding hydrogens is 370 g/mol. The lowest BCUT2D eigenvalue weighted by Gasteiger charge is -2.56. The van der Waals surface area contributed by atoms with Gasteiger partial charge in [0.25, 0.3) is 0 Å². The van der Waals surface area contributed by atoms with Gasteiger partial charge in [-0.1, -0.05) is 20.8 Å². The second-order valence-corrected chi connectivity index (χ2v) is 13.1. The first-order valence-electron chi connectivity index (χ1n) is 13.5. The molecule has 2 aliphatic heterocycles. The Bertz CT molecular complexity index is 665. The molecule has 0 spiro atoms. The van der Waals surface area contributed by atoms with Crippen molar-refractivity contribution in [2.75, 3.05) is 13.1 Å². The van der Waals surface area contributed by atoms with Crippen LogP contribution in [0.1, 0.15) is 78.6 Å². The third-order valence-electron chi connectivity index (χ3n) is 12.0. The average Bonchev–Trinajstić information content (AvgIpc) is 3.09. The Kier molecular flexibility index (Phi) is 4.91. The summed E-state index contributed by atoms with van der Waals surface area (Å²) in [5.41, 5.74) is 0.261. The van der Waals surface area contributed by atoms with Crippen LogP contribution < -0.4 is 0 Å². The molecule has 30 heavy (non-hydrogen) atoms. The summed E-state index contributed by atoms with van der Waals surface area (Å²) in [7, 11) is 0. The molecule has 0 unspecified atom stereocenters. The second-order valence-electron chi connectivity index (χ2n) is 13.1. The lowest BCUT2D eigenvalue weighted by Crippen LogP contribution is -2.58. The monoisotopic (exact) mass is 415 g/mol. The highest BCUT2D eigenvalue weighted by Gasteiger charge is 2.62. The van der Waals surface area contributed by atoms with E-state index in [1.807, 2.05) is 0 Å². The molecule has 0 bridgehead atoms. The maximum Gasteiger partial charge on any atom is 0.0577 e. The normalized spacial score (nSPS) is 60.7. The summed E-state index contributed by atoms with van der Waals surface area (Å²) in [6.45, 7) is 10.3. The molecule has 13 atom stereocenters. The van der Waals surface area contributed by atoms with Gasteiger partial charge in [-0.05, 0) is 116 Å². The van der Waals surface area contributed by atoms with Crippen LogP contribution in [0.15, 0.2) is 0 Å². The summed E-state index contributed by atoms with van der Waals surface area (Å²) >= 11 is 0. The van der Waals surface area contributed by atoms with E-state index >= 15 is 0 Å². The van der Waals surface area contributed by atoms with Crippen molar-refractivity contribution in [3.05, 3.63) is 0 Å². The van der Waals surface area contributed by atoms with E-state index < -0.39 is 0 Å². The van der Waals surface area contributed by atoms with Crippen molar-refractivity contribution in [3.8, 4) is 0 Å². The van der Waals surface area contributed by atoms with E-state index in [0.717, 1.165) is 79.1 Å². The van der Waals surface area contributed by atoms with Crippen LogP contribution in [-0.4, -0.2) is 46.5 Å². The van der Waals surface area contributed by atoms with Gasteiger partial charge in [0, 0.05) is 19.1 Å². The van der Waals surface area contributed by atoms with Crippen LogP contribution in [0.4, 0.5) is 0 Å². The lowest BCUT2D eigenvalue weighted by atomic mass is 9.51. The van der Waals surface area contributed by atoms with Crippen molar-refractivity contribution < 1.29 is 10.2 Å². The van der Waals surface area contributed by atoms with Gasteiger partial charge in [0.2, 0.25) is 0 Å². The molecule has 6 rings (SSSR count). The Morgan fingerprint density at radius 3 is 2.37 bits per heavy atom. The zero-order valence-electron chi connectivity index (χ0n) is 19.5. The Morgan fingerprint density at radius 1 is 0.733 bits per heavy atom. The molecule has 0 aromatic rings. The minimum absolute atomic E-state index is 0.180. The maximum atomic E-state index is 11.2. The molecule has 0 amide bonds. The highest BCUT2D eigenvalue weighted by Crippen LogP contribution is 2.67. The topological polar surface area (TPSA) is 43.7 Å². The summed E-state index contributed by atoms with van der Waals surface area (Å²) in [5.74, 6) is 7.22. The number of aliphatic hydroxyl groups excluding tert-OH is 2. The largest absolute Gasteiger partial charge is 0.393 e. The van der Waals surface area contributed by atoms with Crippen molar-refractivity contribution in [2.24, 2.45) is 58.7 Å². The number of hydrogen-bond acceptors (Lipinski definition) is 3. The summed E-state index contributed by atoms with van der Waals surface area (Å²) in [5, 5.41) is 21.5. The molecule has 4 aliphatic carbocycles. The summed E-state index contributed by atoms with van der Waals surface area (Å²) in [6, 6.07) is 0.853. The highest BCUT2D eigenvalue weighted by atomic mass is 16.3. The minimum atomic E-state index is -0.181. The number of nitrogens with zero attached hydrogens (tertiary/aromatic N) is 1. The molecular formula is C27H45NO2. The van der Waals surface area contributed by atoms with Crippen LogP contribution in [0.25, 0.3) is 0 Å². The van der Waals surface area contributed by atoms with Crippen molar-refractivity contribution >= 4 is 0 Å². The van der Waals surface area contributed by atoms with Crippen molar-refractivity contribution in [1.29, 1.82) is 0 Å². The summed E-state index contributed by atoms with van der Waals surface area (Å²) in [6.07, 6.45) is 10.7. The zero-order valence-corrected chi connectivity index (χ0v) is 19.5. The van der Waals surface area contributed by atoms with Crippen LogP contribution in [0.5, 0.6) is 0 Å². The number of rotatable bonds is 0. The third-order valence-corrected chi connectivity index (χ3v) is 12.0. The molecule has 170 valence electrons. The van der Waals surface area contributed by atoms with Gasteiger partial charge in [0.1, 0.15) is 0 Å². The van der Waals surface area contributed by atoms with E-state index in [4.69, 9.17) is 0 Å². The highest BCUT2D eigenvalue weighted by molar-refractivity contribution is 5.12. The van der Waals surface area contributed by atoms with Crippen molar-refractivity contribution in [3.63, 3.8) is 0 Å². The fourth-order valence-electron chi connectivity index (χ4n) is 10.6. The van der Waals surface area contributed by atoms with Gasteiger partial charge in [-0.15, -0.1) is 0 Å². The van der Waals surface area contributed by atoms with Gasteiger partial charge in [0.05, 0.1) is 12.2 Å². The van der Waals surface area contributed by atoms with E-state index in [1.54, 1.807) is 0 Å². The first-order valence-corrected chi connectivity index (χ1v) is 13.5. The lowest BCUT2D eigenvalue weighted by molar-refractivity contribution is -0.130. The van der Waals surface area contributed by atoms with Crippen LogP contribution in [0, 0.1) is 58.7 Å². The summed E-state index contributed by atoms with van der Waals surface area (Å²) in [4.78, 5) is 2.92. The van der Waals surface area contributed by atoms with E-state index in [2.05, 4.69) is 25.7 Å². The Morgan fingerprint density at radius 2 is 1.53 bits per heavy atom. The predicted octanol–water partition coefficient (Wildman–Crippen LogP) is 4.56. The van der Waals surface area contributed by atoms with Gasteiger partial charge in [0.15, 0.2) is 0 Å². The molecule has 2 N–H and O–H groups in total. The molecule has 4 saturated carbocycles. The van der Waals surface area contributed by atoms with E-state index in [0.29, 0.717) is 5.92 Å². The quantitative estimate of drug-likeness (QED) is 0.609. The predicted molar refractivity (Wildman–Crippen MR) is 120 cm³/mol. The van der Waals surface area contributed by atoms with Gasteiger partial charge in [-0.2, -0.15) is 0 Å². The van der Waals surface area contributed by atoms with Crippen LogP contribution >= 0.6 is 0 Å². The standard InChI is InChI=1S/C27H45NO2/c1-15-4-7-25-16(2)18-5-6-19-20(22(18)14-28(25)13-15)11-23-21(19)12-26(30)24-10-17(29)8-9-27(23,24)3/h15-26,29-30H,4-14H2,1-3H3/t15-,16-,17-,18-,19+,20+,21-,22+,23-,24+,25+,26+,27+/m0/s1. The fourth-order valence-corrected chi connectivity index (χ4v) is 10.6. The average molecular weight is 416 g/mol. The molecule has 3 heteroatoms. The molecule has 6 aliphatic rings. The molecule has 2 saturated heterocycles. The smallest absolute Gasteiger partial charge is 0.0577 e. The van der Waals surface area contributed by atoms with Gasteiger partial charge < -0.3 is 10.2 Å². The number of piperidine rings is 2. The first-order chi connectivity index (χ1) is 14.4. The second kappa shape index (κ2) is 7.19. The van der Waals surface area contributed by atoms with Crippen LogP contribution in [-0.2, 0) is 0 Å². The Balaban J connectivity index is 1.28. The van der Waals surface area contributed by atoms with Crippen LogP contribution in [0.2, 0.25) is 0 Å². The third kappa shape index (κ3) is 2.86. The van der Waals surface area contributed by atoms with E-state index in [-0.39, 0.29) is 17.6 Å². The Labute approximate surface area is 184 Å². The molecule has 2 heterocycles. The fraction of sp³-hybridized carbons (Fsp3) is 1.00. The maximum absolute atomic E-state index is 11.2. The van der Waals surface area contributed by atoms with Crippen LogP contribution in [0.3, 0.4) is 0 Å². The molecule has 0 aromatic heterocycles. The van der Waals surface area contributed by atoms with Gasteiger partial charge in [-0.3, -0.25) is 4.90 Å². The number of aliphatic hydroxyl groups is 2.